The van der Waals surface area contributed by atoms with E-state index in [0.717, 1.165) is 52.1 Å². The lowest BCUT2D eigenvalue weighted by molar-refractivity contribution is 0.131. The highest BCUT2D eigenvalue weighted by Crippen LogP contribution is 2.05. The molecule has 100 valence electrons. The average Bonchev–Trinajstić information content (AvgIpc) is 2.29. The fourth-order valence-electron chi connectivity index (χ4n) is 2.13. The molecule has 0 aromatic carbocycles. The van der Waals surface area contributed by atoms with E-state index in [1.54, 1.807) is 0 Å². The van der Waals surface area contributed by atoms with Crippen LogP contribution in [0.2, 0.25) is 0 Å². The fraction of sp³-hybridized carbons (Fsp3) is 0.923. The summed E-state index contributed by atoms with van der Waals surface area (Å²) in [6, 6.07) is 0.114. The molecular formula is C13H27N3O. The van der Waals surface area contributed by atoms with E-state index in [-0.39, 0.29) is 6.03 Å². The molecule has 1 saturated heterocycles. The first-order valence-corrected chi connectivity index (χ1v) is 6.88. The topological polar surface area (TPSA) is 35.6 Å². The molecule has 0 aromatic heterocycles. The maximum absolute atomic E-state index is 11.8. The molecule has 17 heavy (non-hydrogen) atoms. The Morgan fingerprint density at radius 3 is 2.41 bits per heavy atom. The molecule has 4 nitrogen and oxygen atoms in total. The van der Waals surface area contributed by atoms with Crippen molar-refractivity contribution < 1.29 is 4.79 Å². The van der Waals surface area contributed by atoms with Crippen molar-refractivity contribution in [2.24, 2.45) is 5.92 Å². The van der Waals surface area contributed by atoms with Crippen molar-refractivity contribution >= 4 is 6.03 Å². The molecule has 1 aliphatic rings. The zero-order valence-electron chi connectivity index (χ0n) is 11.5. The summed E-state index contributed by atoms with van der Waals surface area (Å²) >= 11 is 0. The summed E-state index contributed by atoms with van der Waals surface area (Å²) in [6.07, 6.45) is 2.20. The van der Waals surface area contributed by atoms with Gasteiger partial charge >= 0.3 is 6.03 Å². The Kier molecular flexibility index (Phi) is 6.34. The molecule has 1 rings (SSSR count). The lowest BCUT2D eigenvalue weighted by Gasteiger charge is -2.35. The molecule has 1 heterocycles. The van der Waals surface area contributed by atoms with Gasteiger partial charge in [-0.3, -0.25) is 4.90 Å². The van der Waals surface area contributed by atoms with Crippen LogP contribution in [0.4, 0.5) is 4.79 Å². The third-order valence-corrected chi connectivity index (χ3v) is 3.09. The number of urea groups is 1. The van der Waals surface area contributed by atoms with Gasteiger partial charge < -0.3 is 10.2 Å². The van der Waals surface area contributed by atoms with E-state index in [0.29, 0.717) is 5.92 Å². The number of piperazine rings is 1. The second-order valence-electron chi connectivity index (χ2n) is 5.27. The first kappa shape index (κ1) is 14.3. The second-order valence-corrected chi connectivity index (χ2v) is 5.27. The van der Waals surface area contributed by atoms with Gasteiger partial charge in [-0.2, -0.15) is 0 Å². The van der Waals surface area contributed by atoms with Crippen molar-refractivity contribution in [3.8, 4) is 0 Å². The molecule has 0 unspecified atom stereocenters. The van der Waals surface area contributed by atoms with Crippen molar-refractivity contribution in [1.29, 1.82) is 0 Å². The van der Waals surface area contributed by atoms with Crippen LogP contribution in [0.15, 0.2) is 0 Å². The average molecular weight is 241 g/mol. The van der Waals surface area contributed by atoms with Gasteiger partial charge in [0, 0.05) is 39.3 Å². The Hall–Kier alpha value is -0.770. The molecule has 0 aliphatic carbocycles. The fourth-order valence-corrected chi connectivity index (χ4v) is 2.13. The number of hydrogen-bond acceptors (Lipinski definition) is 2. The summed E-state index contributed by atoms with van der Waals surface area (Å²) in [6.45, 7) is 12.3. The largest absolute Gasteiger partial charge is 0.338 e. The summed E-state index contributed by atoms with van der Waals surface area (Å²) in [7, 11) is 0. The van der Waals surface area contributed by atoms with Gasteiger partial charge in [-0.15, -0.1) is 0 Å². The van der Waals surface area contributed by atoms with Crippen LogP contribution < -0.4 is 5.32 Å². The van der Waals surface area contributed by atoms with Gasteiger partial charge in [0.1, 0.15) is 0 Å². The van der Waals surface area contributed by atoms with Gasteiger partial charge in [-0.1, -0.05) is 27.2 Å². The standard InChI is InChI=1S/C13H27N3O/c1-4-5-6-14-13(17)16-9-7-15(8-10-16)11-12(2)3/h12H,4-11H2,1-3H3,(H,14,17). The Bertz CT molecular complexity index is 223. The van der Waals surface area contributed by atoms with E-state index < -0.39 is 0 Å². The quantitative estimate of drug-likeness (QED) is 0.745. The Morgan fingerprint density at radius 1 is 1.24 bits per heavy atom. The van der Waals surface area contributed by atoms with E-state index in [4.69, 9.17) is 0 Å². The summed E-state index contributed by atoms with van der Waals surface area (Å²) in [4.78, 5) is 16.2. The van der Waals surface area contributed by atoms with E-state index >= 15 is 0 Å². The highest BCUT2D eigenvalue weighted by atomic mass is 16.2. The van der Waals surface area contributed by atoms with Gasteiger partial charge in [0.05, 0.1) is 0 Å². The van der Waals surface area contributed by atoms with E-state index in [9.17, 15) is 4.79 Å². The zero-order valence-corrected chi connectivity index (χ0v) is 11.5. The Labute approximate surface area is 105 Å². The Morgan fingerprint density at radius 2 is 1.88 bits per heavy atom. The number of hydrogen-bond donors (Lipinski definition) is 1. The highest BCUT2D eigenvalue weighted by molar-refractivity contribution is 5.74. The molecule has 1 aliphatic heterocycles. The van der Waals surface area contributed by atoms with E-state index in [2.05, 4.69) is 31.0 Å². The minimum absolute atomic E-state index is 0.114. The first-order chi connectivity index (χ1) is 8.13. The number of amides is 2. The van der Waals surface area contributed by atoms with Gasteiger partial charge in [-0.05, 0) is 12.3 Å². The normalized spacial score (nSPS) is 17.5. The molecule has 0 saturated carbocycles. The SMILES string of the molecule is CCCCNC(=O)N1CCN(CC(C)C)CC1. The number of nitrogens with one attached hydrogen (secondary N) is 1. The molecule has 0 spiro atoms. The number of nitrogens with zero attached hydrogens (tertiary/aromatic N) is 2. The maximum Gasteiger partial charge on any atom is 0.317 e. The minimum atomic E-state index is 0.114. The van der Waals surface area contributed by atoms with Crippen LogP contribution in [-0.4, -0.2) is 55.1 Å². The van der Waals surface area contributed by atoms with E-state index in [1.165, 1.54) is 0 Å². The number of carbonyl (C=O) groups excluding carboxylic acids is 1. The van der Waals surface area contributed by atoms with Crippen molar-refractivity contribution in [2.45, 2.75) is 33.6 Å². The molecular weight excluding hydrogens is 214 g/mol. The zero-order chi connectivity index (χ0) is 12.7. The van der Waals surface area contributed by atoms with Crippen LogP contribution in [0.5, 0.6) is 0 Å². The molecule has 1 N–H and O–H groups in total. The predicted octanol–water partition coefficient (Wildman–Crippen LogP) is 1.77. The second kappa shape index (κ2) is 7.54. The van der Waals surface area contributed by atoms with Crippen molar-refractivity contribution in [3.63, 3.8) is 0 Å². The molecule has 0 radical (unpaired) electrons. The monoisotopic (exact) mass is 241 g/mol. The highest BCUT2D eigenvalue weighted by Gasteiger charge is 2.20. The van der Waals surface area contributed by atoms with Crippen LogP contribution in [0.1, 0.15) is 33.6 Å². The van der Waals surface area contributed by atoms with Crippen molar-refractivity contribution in [1.82, 2.24) is 15.1 Å². The minimum Gasteiger partial charge on any atom is -0.338 e. The van der Waals surface area contributed by atoms with Crippen molar-refractivity contribution in [2.75, 3.05) is 39.3 Å². The molecule has 4 heteroatoms. The first-order valence-electron chi connectivity index (χ1n) is 6.88. The molecule has 1 fully saturated rings. The number of unbranched alkanes of at least 4 members (excludes halogenated alkanes) is 1. The van der Waals surface area contributed by atoms with Gasteiger partial charge in [-0.25, -0.2) is 4.79 Å². The molecule has 0 aromatic rings. The van der Waals surface area contributed by atoms with Crippen molar-refractivity contribution in [3.05, 3.63) is 0 Å². The summed E-state index contributed by atoms with van der Waals surface area (Å²) in [5, 5.41) is 2.98. The van der Waals surface area contributed by atoms with Crippen LogP contribution >= 0.6 is 0 Å². The number of rotatable bonds is 5. The van der Waals surface area contributed by atoms with Crippen LogP contribution in [0, 0.1) is 5.92 Å². The summed E-state index contributed by atoms with van der Waals surface area (Å²) in [5.41, 5.74) is 0. The van der Waals surface area contributed by atoms with Crippen LogP contribution in [-0.2, 0) is 0 Å². The maximum atomic E-state index is 11.8. The summed E-state index contributed by atoms with van der Waals surface area (Å²) in [5.74, 6) is 0.708. The molecule has 0 atom stereocenters. The van der Waals surface area contributed by atoms with Gasteiger partial charge in [0.15, 0.2) is 0 Å². The third kappa shape index (κ3) is 5.39. The Balaban J connectivity index is 2.19. The third-order valence-electron chi connectivity index (χ3n) is 3.09. The predicted molar refractivity (Wildman–Crippen MR) is 71.2 cm³/mol. The molecule has 2 amide bonds. The number of carbonyl (C=O) groups is 1. The van der Waals surface area contributed by atoms with Gasteiger partial charge in [0.2, 0.25) is 0 Å². The van der Waals surface area contributed by atoms with Crippen LogP contribution in [0.25, 0.3) is 0 Å². The van der Waals surface area contributed by atoms with E-state index in [1.807, 2.05) is 4.90 Å². The summed E-state index contributed by atoms with van der Waals surface area (Å²) < 4.78 is 0. The van der Waals surface area contributed by atoms with Gasteiger partial charge in [0.25, 0.3) is 0 Å². The lowest BCUT2D eigenvalue weighted by atomic mass is 10.2. The lowest BCUT2D eigenvalue weighted by Crippen LogP contribution is -2.52. The smallest absolute Gasteiger partial charge is 0.317 e. The van der Waals surface area contributed by atoms with Crippen LogP contribution in [0.3, 0.4) is 0 Å². The molecule has 0 bridgehead atoms.